The molecule has 0 saturated carbocycles. The van der Waals surface area contributed by atoms with Gasteiger partial charge < -0.3 is 10.6 Å². The quantitative estimate of drug-likeness (QED) is 0.885. The predicted molar refractivity (Wildman–Crippen MR) is 94.2 cm³/mol. The van der Waals surface area contributed by atoms with Crippen LogP contribution in [0.3, 0.4) is 0 Å². The molecule has 0 atom stereocenters. The van der Waals surface area contributed by atoms with Gasteiger partial charge in [-0.15, -0.1) is 0 Å². The third-order valence-electron chi connectivity index (χ3n) is 3.46. The molecule has 2 amide bonds. The summed E-state index contributed by atoms with van der Waals surface area (Å²) in [6.45, 7) is 10.5. The van der Waals surface area contributed by atoms with Gasteiger partial charge in [0.15, 0.2) is 5.69 Å². The molecule has 24 heavy (non-hydrogen) atoms. The van der Waals surface area contributed by atoms with Crippen molar-refractivity contribution in [2.75, 3.05) is 6.54 Å². The molecule has 0 saturated heterocycles. The minimum atomic E-state index is -0.378. The lowest BCUT2D eigenvalue weighted by atomic mass is 10.1. The summed E-state index contributed by atoms with van der Waals surface area (Å²) in [6, 6.07) is 5.43. The van der Waals surface area contributed by atoms with Gasteiger partial charge >= 0.3 is 0 Å². The molecule has 0 aliphatic rings. The number of imidazole rings is 1. The van der Waals surface area contributed by atoms with E-state index in [2.05, 4.69) is 29.5 Å². The number of carbonyl (C=O) groups is 2. The van der Waals surface area contributed by atoms with E-state index >= 15 is 0 Å². The van der Waals surface area contributed by atoms with Gasteiger partial charge in [0, 0.05) is 18.3 Å². The molecule has 0 radical (unpaired) electrons. The maximum Gasteiger partial charge on any atom is 0.288 e. The third-order valence-corrected chi connectivity index (χ3v) is 3.46. The number of aromatic nitrogens is 2. The average molecular weight is 330 g/mol. The molecule has 0 fully saturated rings. The standard InChI is InChI=1S/C18H26N4O2/c1-12(2)9-10-19-16(23)14-13-8-6-7-11-22(13)15(20-14)17(24)21-18(3,4)5/h6-8,11-12H,9-10H2,1-5H3,(H,19,23)(H,21,24). The van der Waals surface area contributed by atoms with Crippen molar-refractivity contribution < 1.29 is 9.59 Å². The second-order valence-electron chi connectivity index (χ2n) is 7.38. The first kappa shape index (κ1) is 18.0. The van der Waals surface area contributed by atoms with Crippen LogP contribution >= 0.6 is 0 Å². The van der Waals surface area contributed by atoms with Crippen LogP contribution < -0.4 is 10.6 Å². The number of pyridine rings is 1. The van der Waals surface area contributed by atoms with E-state index < -0.39 is 0 Å². The summed E-state index contributed by atoms with van der Waals surface area (Å²) in [6.07, 6.45) is 2.64. The van der Waals surface area contributed by atoms with Gasteiger partial charge in [0.2, 0.25) is 5.82 Å². The fourth-order valence-corrected chi connectivity index (χ4v) is 2.32. The first-order chi connectivity index (χ1) is 11.2. The normalized spacial score (nSPS) is 11.8. The highest BCUT2D eigenvalue weighted by Crippen LogP contribution is 2.14. The van der Waals surface area contributed by atoms with Crippen LogP contribution in [0.25, 0.3) is 5.52 Å². The Morgan fingerprint density at radius 3 is 2.54 bits per heavy atom. The summed E-state index contributed by atoms with van der Waals surface area (Å²) in [4.78, 5) is 29.2. The van der Waals surface area contributed by atoms with Crippen LogP contribution in [0.4, 0.5) is 0 Å². The Bertz CT molecular complexity index is 741. The summed E-state index contributed by atoms with van der Waals surface area (Å²) >= 11 is 0. The molecule has 6 heteroatoms. The number of nitrogens with zero attached hydrogens (tertiary/aromatic N) is 2. The number of fused-ring (bicyclic) bond motifs is 1. The molecule has 0 aliphatic heterocycles. The summed E-state index contributed by atoms with van der Waals surface area (Å²) in [5.41, 5.74) is 0.522. The Kier molecular flexibility index (Phi) is 5.26. The van der Waals surface area contributed by atoms with E-state index in [0.717, 1.165) is 6.42 Å². The van der Waals surface area contributed by atoms with Crippen molar-refractivity contribution in [2.24, 2.45) is 5.92 Å². The van der Waals surface area contributed by atoms with Gasteiger partial charge in [0.25, 0.3) is 11.8 Å². The summed E-state index contributed by atoms with van der Waals surface area (Å²) in [7, 11) is 0. The molecule has 0 aromatic carbocycles. The molecule has 2 rings (SSSR count). The molecule has 0 aliphatic carbocycles. The van der Waals surface area contributed by atoms with Crippen LogP contribution in [-0.2, 0) is 0 Å². The fourth-order valence-electron chi connectivity index (χ4n) is 2.32. The van der Waals surface area contributed by atoms with Crippen molar-refractivity contribution in [3.63, 3.8) is 0 Å². The molecule has 6 nitrogen and oxygen atoms in total. The zero-order chi connectivity index (χ0) is 17.9. The monoisotopic (exact) mass is 330 g/mol. The third kappa shape index (κ3) is 4.34. The highest BCUT2D eigenvalue weighted by molar-refractivity contribution is 6.02. The van der Waals surface area contributed by atoms with Gasteiger partial charge in [0.1, 0.15) is 0 Å². The largest absolute Gasteiger partial charge is 0.351 e. The zero-order valence-corrected chi connectivity index (χ0v) is 15.0. The summed E-state index contributed by atoms with van der Waals surface area (Å²) in [5, 5.41) is 5.76. The van der Waals surface area contributed by atoms with E-state index in [1.807, 2.05) is 32.9 Å². The maximum atomic E-state index is 12.5. The van der Waals surface area contributed by atoms with Gasteiger partial charge in [-0.2, -0.15) is 0 Å². The molecule has 2 N–H and O–H groups in total. The van der Waals surface area contributed by atoms with Crippen LogP contribution in [0.2, 0.25) is 0 Å². The van der Waals surface area contributed by atoms with Crippen molar-refractivity contribution in [3.8, 4) is 0 Å². The zero-order valence-electron chi connectivity index (χ0n) is 15.0. The van der Waals surface area contributed by atoms with Gasteiger partial charge in [-0.25, -0.2) is 4.98 Å². The topological polar surface area (TPSA) is 75.5 Å². The van der Waals surface area contributed by atoms with Crippen molar-refractivity contribution in [1.29, 1.82) is 0 Å². The van der Waals surface area contributed by atoms with E-state index in [4.69, 9.17) is 0 Å². The minimum Gasteiger partial charge on any atom is -0.351 e. The Labute approximate surface area is 142 Å². The highest BCUT2D eigenvalue weighted by Gasteiger charge is 2.23. The Morgan fingerprint density at radius 2 is 1.92 bits per heavy atom. The van der Waals surface area contributed by atoms with Crippen LogP contribution in [0.15, 0.2) is 24.4 Å². The lowest BCUT2D eigenvalue weighted by Gasteiger charge is -2.19. The second kappa shape index (κ2) is 7.03. The molecule has 2 aromatic heterocycles. The van der Waals surface area contributed by atoms with Gasteiger partial charge in [-0.3, -0.25) is 14.0 Å². The van der Waals surface area contributed by atoms with E-state index in [1.54, 1.807) is 16.7 Å². The molecule has 0 bridgehead atoms. The number of hydrogen-bond acceptors (Lipinski definition) is 3. The van der Waals surface area contributed by atoms with Crippen LogP contribution in [-0.4, -0.2) is 33.3 Å². The van der Waals surface area contributed by atoms with Crippen molar-refractivity contribution >= 4 is 17.3 Å². The van der Waals surface area contributed by atoms with E-state index in [1.165, 1.54) is 0 Å². The molecule has 130 valence electrons. The molecular weight excluding hydrogens is 304 g/mol. The van der Waals surface area contributed by atoms with Crippen LogP contribution in [0.5, 0.6) is 0 Å². The lowest BCUT2D eigenvalue weighted by Crippen LogP contribution is -2.41. The summed E-state index contributed by atoms with van der Waals surface area (Å²) < 4.78 is 1.65. The van der Waals surface area contributed by atoms with Crippen molar-refractivity contribution in [1.82, 2.24) is 20.0 Å². The maximum absolute atomic E-state index is 12.5. The number of amides is 2. The highest BCUT2D eigenvalue weighted by atomic mass is 16.2. The van der Waals surface area contributed by atoms with Crippen LogP contribution in [0, 0.1) is 5.92 Å². The SMILES string of the molecule is CC(C)CCNC(=O)c1nc(C(=O)NC(C)(C)C)n2ccccc12. The first-order valence-electron chi connectivity index (χ1n) is 8.27. The summed E-state index contributed by atoms with van der Waals surface area (Å²) in [5.74, 6) is 0.172. The fraction of sp³-hybridized carbons (Fsp3) is 0.500. The molecular formula is C18H26N4O2. The Balaban J connectivity index is 2.31. The van der Waals surface area contributed by atoms with Gasteiger partial charge in [0.05, 0.1) is 5.52 Å². The minimum absolute atomic E-state index is 0.217. The predicted octanol–water partition coefficient (Wildman–Crippen LogP) is 2.64. The second-order valence-corrected chi connectivity index (χ2v) is 7.38. The number of rotatable bonds is 5. The number of hydrogen-bond donors (Lipinski definition) is 2. The van der Waals surface area contributed by atoms with Gasteiger partial charge in [-0.1, -0.05) is 19.9 Å². The Morgan fingerprint density at radius 1 is 1.21 bits per heavy atom. The smallest absolute Gasteiger partial charge is 0.288 e. The molecule has 0 unspecified atom stereocenters. The average Bonchev–Trinajstić information content (AvgIpc) is 2.84. The molecule has 2 aromatic rings. The van der Waals surface area contributed by atoms with E-state index in [9.17, 15) is 9.59 Å². The van der Waals surface area contributed by atoms with E-state index in [0.29, 0.717) is 18.0 Å². The Hall–Kier alpha value is -2.37. The van der Waals surface area contributed by atoms with Crippen LogP contribution in [0.1, 0.15) is 62.1 Å². The van der Waals surface area contributed by atoms with Gasteiger partial charge in [-0.05, 0) is 45.2 Å². The lowest BCUT2D eigenvalue weighted by molar-refractivity contribution is 0.0908. The number of nitrogens with one attached hydrogen (secondary N) is 2. The number of carbonyl (C=O) groups excluding carboxylic acids is 2. The van der Waals surface area contributed by atoms with Crippen molar-refractivity contribution in [3.05, 3.63) is 35.9 Å². The van der Waals surface area contributed by atoms with E-state index in [-0.39, 0.29) is 28.9 Å². The molecule has 0 spiro atoms. The van der Waals surface area contributed by atoms with Crippen molar-refractivity contribution in [2.45, 2.75) is 46.6 Å². The first-order valence-corrected chi connectivity index (χ1v) is 8.27. The molecule has 2 heterocycles.